The van der Waals surface area contributed by atoms with Crippen LogP contribution >= 0.6 is 11.6 Å². The van der Waals surface area contributed by atoms with Crippen molar-refractivity contribution in [3.63, 3.8) is 0 Å². The third-order valence-corrected chi connectivity index (χ3v) is 4.64. The molecule has 1 saturated heterocycles. The van der Waals surface area contributed by atoms with Crippen LogP contribution in [0.1, 0.15) is 25.7 Å². The largest absolute Gasteiger partial charge is 0.497 e. The topological polar surface area (TPSA) is 25.4 Å². The Balaban J connectivity index is 2.08. The van der Waals surface area contributed by atoms with Crippen LogP contribution in [0.25, 0.3) is 10.8 Å². The van der Waals surface area contributed by atoms with E-state index in [1.165, 1.54) is 24.6 Å². The van der Waals surface area contributed by atoms with Crippen LogP contribution in [0.3, 0.4) is 0 Å². The highest BCUT2D eigenvalue weighted by atomic mass is 35.5. The highest BCUT2D eigenvalue weighted by Gasteiger charge is 2.23. The SMILES string of the molecule is COc1ccc2ccnc(N3CCCCCC3CCl)c2c1. The Kier molecular flexibility index (Phi) is 4.49. The van der Waals surface area contributed by atoms with E-state index in [2.05, 4.69) is 22.0 Å². The molecule has 0 aliphatic carbocycles. The molecule has 2 heterocycles. The molecule has 1 atom stereocenters. The summed E-state index contributed by atoms with van der Waals surface area (Å²) in [5.74, 6) is 2.56. The summed E-state index contributed by atoms with van der Waals surface area (Å²) in [5.41, 5.74) is 0. The Morgan fingerprint density at radius 1 is 1.29 bits per heavy atom. The number of methoxy groups -OCH3 is 1. The number of aromatic nitrogens is 1. The number of pyridine rings is 1. The fourth-order valence-corrected chi connectivity index (χ4v) is 3.43. The number of fused-ring (bicyclic) bond motifs is 1. The van der Waals surface area contributed by atoms with Crippen molar-refractivity contribution in [1.82, 2.24) is 4.98 Å². The highest BCUT2D eigenvalue weighted by molar-refractivity contribution is 6.18. The molecule has 0 saturated carbocycles. The predicted molar refractivity (Wildman–Crippen MR) is 88.6 cm³/mol. The van der Waals surface area contributed by atoms with E-state index in [4.69, 9.17) is 16.3 Å². The van der Waals surface area contributed by atoms with Crippen LogP contribution in [0.15, 0.2) is 30.5 Å². The predicted octanol–water partition coefficient (Wildman–Crippen LogP) is 4.23. The Labute approximate surface area is 130 Å². The van der Waals surface area contributed by atoms with Gasteiger partial charge in [0.05, 0.1) is 7.11 Å². The molecule has 0 N–H and O–H groups in total. The van der Waals surface area contributed by atoms with E-state index in [1.54, 1.807) is 7.11 Å². The van der Waals surface area contributed by atoms with Gasteiger partial charge in [-0.15, -0.1) is 11.6 Å². The maximum absolute atomic E-state index is 6.21. The number of ether oxygens (including phenoxy) is 1. The average molecular weight is 305 g/mol. The Morgan fingerprint density at radius 2 is 2.19 bits per heavy atom. The fourth-order valence-electron chi connectivity index (χ4n) is 3.10. The van der Waals surface area contributed by atoms with Crippen molar-refractivity contribution in [3.8, 4) is 5.75 Å². The second-order valence-corrected chi connectivity index (χ2v) is 5.88. The van der Waals surface area contributed by atoms with Gasteiger partial charge in [0.25, 0.3) is 0 Å². The summed E-state index contributed by atoms with van der Waals surface area (Å²) in [4.78, 5) is 7.05. The van der Waals surface area contributed by atoms with Crippen molar-refractivity contribution in [2.45, 2.75) is 31.7 Å². The molecule has 0 bridgehead atoms. The second-order valence-electron chi connectivity index (χ2n) is 5.57. The van der Waals surface area contributed by atoms with Gasteiger partial charge in [0.15, 0.2) is 0 Å². The molecule has 4 heteroatoms. The molecule has 3 rings (SSSR count). The number of nitrogens with zero attached hydrogens (tertiary/aromatic N) is 2. The Morgan fingerprint density at radius 3 is 3.00 bits per heavy atom. The minimum Gasteiger partial charge on any atom is -0.497 e. The van der Waals surface area contributed by atoms with E-state index < -0.39 is 0 Å². The van der Waals surface area contributed by atoms with E-state index >= 15 is 0 Å². The minimum absolute atomic E-state index is 0.374. The number of hydrogen-bond donors (Lipinski definition) is 0. The van der Waals surface area contributed by atoms with Gasteiger partial charge >= 0.3 is 0 Å². The molecule has 2 aromatic rings. The zero-order valence-electron chi connectivity index (χ0n) is 12.4. The monoisotopic (exact) mass is 304 g/mol. The zero-order chi connectivity index (χ0) is 14.7. The molecule has 1 aliphatic rings. The average Bonchev–Trinajstić information content (AvgIpc) is 2.78. The van der Waals surface area contributed by atoms with Gasteiger partial charge < -0.3 is 9.64 Å². The zero-order valence-corrected chi connectivity index (χ0v) is 13.1. The lowest BCUT2D eigenvalue weighted by molar-refractivity contribution is 0.415. The number of anilines is 1. The van der Waals surface area contributed by atoms with Crippen LogP contribution in [0.4, 0.5) is 5.82 Å². The molecule has 0 radical (unpaired) electrons. The lowest BCUT2D eigenvalue weighted by Gasteiger charge is -2.30. The van der Waals surface area contributed by atoms with E-state index in [0.29, 0.717) is 11.9 Å². The molecule has 21 heavy (non-hydrogen) atoms. The number of rotatable bonds is 3. The Bertz CT molecular complexity index is 617. The third-order valence-electron chi connectivity index (χ3n) is 4.28. The first-order chi connectivity index (χ1) is 10.3. The summed E-state index contributed by atoms with van der Waals surface area (Å²) in [6.07, 6.45) is 6.77. The lowest BCUT2D eigenvalue weighted by atomic mass is 10.1. The summed E-state index contributed by atoms with van der Waals surface area (Å²) in [7, 11) is 1.70. The fraction of sp³-hybridized carbons (Fsp3) is 0.471. The van der Waals surface area contributed by atoms with Crippen molar-refractivity contribution in [1.29, 1.82) is 0 Å². The maximum atomic E-state index is 6.21. The van der Waals surface area contributed by atoms with Gasteiger partial charge in [-0.05, 0) is 36.4 Å². The first-order valence-electron chi connectivity index (χ1n) is 7.59. The van der Waals surface area contributed by atoms with Gasteiger partial charge in [-0.2, -0.15) is 0 Å². The molecule has 0 spiro atoms. The van der Waals surface area contributed by atoms with Crippen LogP contribution in [-0.4, -0.2) is 30.6 Å². The summed E-state index contributed by atoms with van der Waals surface area (Å²) >= 11 is 6.21. The molecule has 1 aliphatic heterocycles. The van der Waals surface area contributed by atoms with E-state index in [1.807, 2.05) is 18.3 Å². The molecule has 112 valence electrons. The molecular formula is C17H21ClN2O. The van der Waals surface area contributed by atoms with Crippen molar-refractivity contribution in [2.75, 3.05) is 24.4 Å². The van der Waals surface area contributed by atoms with Gasteiger partial charge in [0, 0.05) is 30.0 Å². The molecule has 1 aromatic heterocycles. The molecule has 1 unspecified atom stereocenters. The van der Waals surface area contributed by atoms with Crippen LogP contribution < -0.4 is 9.64 Å². The van der Waals surface area contributed by atoms with Gasteiger partial charge in [-0.25, -0.2) is 4.98 Å². The molecule has 3 nitrogen and oxygen atoms in total. The van der Waals surface area contributed by atoms with Crippen LogP contribution in [0, 0.1) is 0 Å². The van der Waals surface area contributed by atoms with Gasteiger partial charge in [-0.3, -0.25) is 0 Å². The van der Waals surface area contributed by atoms with Crippen molar-refractivity contribution in [2.24, 2.45) is 0 Å². The van der Waals surface area contributed by atoms with Crippen LogP contribution in [-0.2, 0) is 0 Å². The van der Waals surface area contributed by atoms with E-state index in [0.717, 1.165) is 29.9 Å². The molecule has 1 aromatic carbocycles. The third kappa shape index (κ3) is 2.93. The second kappa shape index (κ2) is 6.52. The lowest BCUT2D eigenvalue weighted by Crippen LogP contribution is -2.36. The number of benzene rings is 1. The minimum atomic E-state index is 0.374. The normalized spacial score (nSPS) is 19.5. The van der Waals surface area contributed by atoms with Gasteiger partial charge in [0.1, 0.15) is 11.6 Å². The van der Waals surface area contributed by atoms with E-state index in [9.17, 15) is 0 Å². The van der Waals surface area contributed by atoms with Crippen LogP contribution in [0.5, 0.6) is 5.75 Å². The standard InChI is InChI=1S/C17H21ClN2O/c1-21-15-7-6-13-8-9-19-17(16(13)11-15)20-10-4-2-3-5-14(20)12-18/h6-9,11,14H,2-5,10,12H2,1H3. The summed E-state index contributed by atoms with van der Waals surface area (Å²) in [5, 5.41) is 2.34. The summed E-state index contributed by atoms with van der Waals surface area (Å²) in [6, 6.07) is 8.58. The van der Waals surface area contributed by atoms with Crippen molar-refractivity contribution in [3.05, 3.63) is 30.5 Å². The number of halogens is 1. The summed E-state index contributed by atoms with van der Waals surface area (Å²) < 4.78 is 5.37. The summed E-state index contributed by atoms with van der Waals surface area (Å²) in [6.45, 7) is 1.03. The molecule has 1 fully saturated rings. The van der Waals surface area contributed by atoms with E-state index in [-0.39, 0.29) is 0 Å². The smallest absolute Gasteiger partial charge is 0.136 e. The molecule has 0 amide bonds. The Hall–Kier alpha value is -1.48. The maximum Gasteiger partial charge on any atom is 0.136 e. The molecular weight excluding hydrogens is 284 g/mol. The quantitative estimate of drug-likeness (QED) is 0.793. The van der Waals surface area contributed by atoms with Gasteiger partial charge in [0.2, 0.25) is 0 Å². The van der Waals surface area contributed by atoms with Gasteiger partial charge in [-0.1, -0.05) is 18.9 Å². The van der Waals surface area contributed by atoms with Crippen LogP contribution in [0.2, 0.25) is 0 Å². The van der Waals surface area contributed by atoms with Crippen molar-refractivity contribution < 1.29 is 4.74 Å². The number of alkyl halides is 1. The van der Waals surface area contributed by atoms with Crippen molar-refractivity contribution >= 4 is 28.2 Å². The first kappa shape index (κ1) is 14.5. The number of hydrogen-bond acceptors (Lipinski definition) is 3. The highest BCUT2D eigenvalue weighted by Crippen LogP contribution is 2.31. The first-order valence-corrected chi connectivity index (χ1v) is 8.12.